The lowest BCUT2D eigenvalue weighted by molar-refractivity contribution is -0.133. The maximum absolute atomic E-state index is 14.0. The number of carbonyl (C=O) groups excluding carboxylic acids is 2. The number of pyridine rings is 2. The highest BCUT2D eigenvalue weighted by Gasteiger charge is 2.34. The van der Waals surface area contributed by atoms with Crippen molar-refractivity contribution in [2.24, 2.45) is 4.99 Å². The van der Waals surface area contributed by atoms with Crippen LogP contribution in [0, 0.1) is 0 Å². The standard InChI is InChI=1S/C35H37N7O4/c1-2-15-41-34(45)27-20-29(38-32(27)42(35(41)46)26-12-13-26)24-11-14-30(37-21-24)40(18-7-17-39-16-6-5-10-31(39)43)33(44)25-19-23-8-3-4-9-28(23)36-22-25/h3-4,8-9,11,14,19,21-22,26H,2,5-7,10,12-13,15-18,20H2,1H3. The van der Waals surface area contributed by atoms with Gasteiger partial charge in [0.1, 0.15) is 11.6 Å². The maximum Gasteiger partial charge on any atom is 0.332 e. The summed E-state index contributed by atoms with van der Waals surface area (Å²) in [6, 6.07) is 13.2. The van der Waals surface area contributed by atoms with Crippen molar-refractivity contribution in [3.05, 3.63) is 92.4 Å². The molecule has 0 spiro atoms. The lowest BCUT2D eigenvalue weighted by atomic mass is 10.1. The summed E-state index contributed by atoms with van der Waals surface area (Å²) in [4.78, 5) is 70.4. The number of benzene rings is 1. The van der Waals surface area contributed by atoms with Gasteiger partial charge in [-0.3, -0.25) is 33.4 Å². The largest absolute Gasteiger partial charge is 0.343 e. The molecule has 3 aliphatic rings. The number of aliphatic imine (C=N–C) groups is 1. The molecule has 1 aromatic carbocycles. The molecule has 0 N–H and O–H groups in total. The Morgan fingerprint density at radius 3 is 2.61 bits per heavy atom. The molecule has 4 aromatic rings. The molecule has 3 aromatic heterocycles. The van der Waals surface area contributed by atoms with Crippen molar-refractivity contribution in [2.75, 3.05) is 24.5 Å². The molecule has 1 aliphatic carbocycles. The van der Waals surface area contributed by atoms with Gasteiger partial charge in [-0.2, -0.15) is 0 Å². The highest BCUT2D eigenvalue weighted by atomic mass is 16.2. The average Bonchev–Trinajstić information content (AvgIpc) is 3.82. The Hall–Kier alpha value is -4.93. The van der Waals surface area contributed by atoms with Gasteiger partial charge in [-0.1, -0.05) is 25.1 Å². The minimum atomic E-state index is -0.282. The minimum Gasteiger partial charge on any atom is -0.343 e. The quantitative estimate of drug-likeness (QED) is 0.259. The van der Waals surface area contributed by atoms with Gasteiger partial charge in [0.25, 0.3) is 11.5 Å². The number of para-hydroxylation sites is 1. The molecule has 236 valence electrons. The summed E-state index contributed by atoms with van der Waals surface area (Å²) in [5.74, 6) is 0.885. The second-order valence-electron chi connectivity index (χ2n) is 12.3. The van der Waals surface area contributed by atoms with E-state index in [4.69, 9.17) is 9.98 Å². The van der Waals surface area contributed by atoms with Crippen molar-refractivity contribution in [3.8, 4) is 0 Å². The van der Waals surface area contributed by atoms with E-state index in [-0.39, 0.29) is 29.1 Å². The van der Waals surface area contributed by atoms with Crippen LogP contribution in [-0.2, 0) is 17.8 Å². The van der Waals surface area contributed by atoms with Crippen LogP contribution in [-0.4, -0.2) is 61.2 Å². The van der Waals surface area contributed by atoms with Crippen LogP contribution in [0.2, 0.25) is 0 Å². The molecule has 0 bridgehead atoms. The zero-order valence-corrected chi connectivity index (χ0v) is 26.0. The number of amides is 2. The number of aromatic nitrogens is 4. The zero-order chi connectivity index (χ0) is 31.8. The predicted octanol–water partition coefficient (Wildman–Crippen LogP) is 4.42. The lowest BCUT2D eigenvalue weighted by Crippen LogP contribution is -2.41. The molecule has 0 radical (unpaired) electrons. The maximum atomic E-state index is 14.0. The first-order valence-electron chi connectivity index (χ1n) is 16.3. The number of anilines is 1. The highest BCUT2D eigenvalue weighted by Crippen LogP contribution is 2.39. The van der Waals surface area contributed by atoms with E-state index in [1.807, 2.05) is 48.2 Å². The molecule has 1 saturated heterocycles. The second kappa shape index (κ2) is 12.5. The monoisotopic (exact) mass is 619 g/mol. The Balaban J connectivity index is 1.17. The number of piperidine rings is 1. The fourth-order valence-corrected chi connectivity index (χ4v) is 6.47. The first-order valence-corrected chi connectivity index (χ1v) is 16.3. The van der Waals surface area contributed by atoms with Crippen LogP contribution in [0.25, 0.3) is 10.9 Å². The number of likely N-dealkylation sites (tertiary alicyclic amines) is 1. The Kier molecular flexibility index (Phi) is 8.06. The number of fused-ring (bicyclic) bond motifs is 2. The van der Waals surface area contributed by atoms with Gasteiger partial charge in [-0.05, 0) is 62.8 Å². The van der Waals surface area contributed by atoms with E-state index < -0.39 is 0 Å². The van der Waals surface area contributed by atoms with E-state index in [2.05, 4.69) is 4.98 Å². The molecule has 5 heterocycles. The van der Waals surface area contributed by atoms with Crippen LogP contribution in [0.5, 0.6) is 0 Å². The van der Waals surface area contributed by atoms with E-state index >= 15 is 0 Å². The van der Waals surface area contributed by atoms with Crippen LogP contribution in [0.15, 0.2) is 69.4 Å². The van der Waals surface area contributed by atoms with Crippen molar-refractivity contribution in [1.29, 1.82) is 0 Å². The summed E-state index contributed by atoms with van der Waals surface area (Å²) in [5, 5.41) is 0.872. The zero-order valence-electron chi connectivity index (χ0n) is 26.0. The van der Waals surface area contributed by atoms with Gasteiger partial charge in [0.2, 0.25) is 5.91 Å². The van der Waals surface area contributed by atoms with Gasteiger partial charge < -0.3 is 4.90 Å². The van der Waals surface area contributed by atoms with E-state index in [0.29, 0.717) is 73.8 Å². The number of hydrogen-bond acceptors (Lipinski definition) is 7. The van der Waals surface area contributed by atoms with Gasteiger partial charge in [0.15, 0.2) is 0 Å². The fourth-order valence-electron chi connectivity index (χ4n) is 6.47. The molecular formula is C35H37N7O4. The molecular weight excluding hydrogens is 582 g/mol. The molecule has 2 fully saturated rings. The molecule has 1 saturated carbocycles. The normalized spacial score (nSPS) is 16.1. The minimum absolute atomic E-state index is 0.0814. The molecule has 11 heteroatoms. The number of carbonyl (C=O) groups is 2. The summed E-state index contributed by atoms with van der Waals surface area (Å²) in [6.07, 6.45) is 9.19. The molecule has 2 aliphatic heterocycles. The number of rotatable bonds is 10. The van der Waals surface area contributed by atoms with Crippen molar-refractivity contribution in [3.63, 3.8) is 0 Å². The summed E-state index contributed by atoms with van der Waals surface area (Å²) in [7, 11) is 0. The topological polar surface area (TPSA) is 123 Å². The summed E-state index contributed by atoms with van der Waals surface area (Å²) < 4.78 is 3.05. The first-order chi connectivity index (χ1) is 22.4. The van der Waals surface area contributed by atoms with Crippen molar-refractivity contribution < 1.29 is 9.59 Å². The van der Waals surface area contributed by atoms with E-state index in [9.17, 15) is 19.2 Å². The number of hydrogen-bond donors (Lipinski definition) is 0. The van der Waals surface area contributed by atoms with Gasteiger partial charge in [-0.15, -0.1) is 0 Å². The Bertz CT molecular complexity index is 1970. The SMILES string of the molecule is CCCn1c(=O)c2c(n(C3CC3)c1=O)N=C(c1ccc(N(CCCN3CCCCC3=O)C(=O)c3cnc4ccccc4c3)nc1)C2. The van der Waals surface area contributed by atoms with Crippen LogP contribution in [0.4, 0.5) is 11.6 Å². The van der Waals surface area contributed by atoms with Crippen LogP contribution in [0.3, 0.4) is 0 Å². The molecule has 11 nitrogen and oxygen atoms in total. The summed E-state index contributed by atoms with van der Waals surface area (Å²) in [5.41, 5.74) is 2.67. The smallest absolute Gasteiger partial charge is 0.332 e. The molecule has 46 heavy (non-hydrogen) atoms. The third-order valence-corrected chi connectivity index (χ3v) is 9.05. The van der Waals surface area contributed by atoms with E-state index in [1.165, 1.54) is 4.57 Å². The van der Waals surface area contributed by atoms with Crippen molar-refractivity contribution in [1.82, 2.24) is 24.0 Å². The fraction of sp³-hybridized carbons (Fsp3) is 0.400. The lowest BCUT2D eigenvalue weighted by Gasteiger charge is -2.28. The van der Waals surface area contributed by atoms with Crippen LogP contribution >= 0.6 is 0 Å². The molecule has 2 amide bonds. The Morgan fingerprint density at radius 1 is 1.00 bits per heavy atom. The van der Waals surface area contributed by atoms with Gasteiger partial charge in [-0.25, -0.2) is 14.8 Å². The molecule has 0 atom stereocenters. The predicted molar refractivity (Wildman–Crippen MR) is 176 cm³/mol. The van der Waals surface area contributed by atoms with Gasteiger partial charge >= 0.3 is 5.69 Å². The summed E-state index contributed by atoms with van der Waals surface area (Å²) >= 11 is 0. The average molecular weight is 620 g/mol. The summed E-state index contributed by atoms with van der Waals surface area (Å²) in [6.45, 7) is 4.03. The Morgan fingerprint density at radius 2 is 1.85 bits per heavy atom. The van der Waals surface area contributed by atoms with Crippen molar-refractivity contribution >= 4 is 40.1 Å². The van der Waals surface area contributed by atoms with Gasteiger partial charge in [0, 0.05) is 68.4 Å². The molecule has 7 rings (SSSR count). The number of nitrogens with zero attached hydrogens (tertiary/aromatic N) is 7. The van der Waals surface area contributed by atoms with Crippen LogP contribution < -0.4 is 16.1 Å². The van der Waals surface area contributed by atoms with Gasteiger partial charge in [0.05, 0.1) is 22.4 Å². The highest BCUT2D eigenvalue weighted by molar-refractivity contribution is 6.08. The van der Waals surface area contributed by atoms with E-state index in [1.54, 1.807) is 27.9 Å². The Labute approximate surface area is 266 Å². The third-order valence-electron chi connectivity index (χ3n) is 9.05. The third kappa shape index (κ3) is 5.65. The van der Waals surface area contributed by atoms with Crippen LogP contribution in [0.1, 0.15) is 79.4 Å². The molecule has 0 unspecified atom stereocenters. The van der Waals surface area contributed by atoms with E-state index in [0.717, 1.165) is 48.7 Å². The first kappa shape index (κ1) is 29.8. The van der Waals surface area contributed by atoms with Crippen molar-refractivity contribution in [2.45, 2.75) is 70.9 Å². The second-order valence-corrected chi connectivity index (χ2v) is 12.3.